The average molecular weight is 277 g/mol. The fraction of sp³-hybridized carbons (Fsp3) is 0.562. The van der Waals surface area contributed by atoms with Crippen LogP contribution in [-0.2, 0) is 11.3 Å². The fourth-order valence-electron chi connectivity index (χ4n) is 1.93. The standard InChI is InChI=1S/C16H27N3O/c1-12(2)17-16(20)13(3)19(6)11-14-7-9-15(10-8-14)18(4)5/h7-10,12-13H,11H2,1-6H3,(H,17,20)/t13-/m0/s1. The molecule has 0 saturated heterocycles. The molecule has 1 N–H and O–H groups in total. The molecule has 0 unspecified atom stereocenters. The van der Waals surface area contributed by atoms with Crippen molar-refractivity contribution >= 4 is 11.6 Å². The second-order valence-electron chi connectivity index (χ2n) is 5.82. The number of likely N-dealkylation sites (N-methyl/N-ethyl adjacent to an activating group) is 1. The summed E-state index contributed by atoms with van der Waals surface area (Å²) in [6.07, 6.45) is 0. The van der Waals surface area contributed by atoms with Crippen LogP contribution in [0.1, 0.15) is 26.3 Å². The van der Waals surface area contributed by atoms with Crippen LogP contribution in [0.2, 0.25) is 0 Å². The van der Waals surface area contributed by atoms with Crippen LogP contribution in [0.3, 0.4) is 0 Å². The van der Waals surface area contributed by atoms with Crippen molar-refractivity contribution in [2.75, 3.05) is 26.0 Å². The summed E-state index contributed by atoms with van der Waals surface area (Å²) in [5, 5.41) is 2.95. The zero-order valence-electron chi connectivity index (χ0n) is 13.5. The Morgan fingerprint density at radius 1 is 1.10 bits per heavy atom. The highest BCUT2D eigenvalue weighted by Gasteiger charge is 2.18. The molecule has 1 atom stereocenters. The molecule has 0 fully saturated rings. The molecular formula is C16H27N3O. The van der Waals surface area contributed by atoms with E-state index in [1.807, 2.05) is 41.9 Å². The molecule has 0 spiro atoms. The summed E-state index contributed by atoms with van der Waals surface area (Å²) in [5.74, 6) is 0.0763. The number of carbonyl (C=O) groups is 1. The van der Waals surface area contributed by atoms with Gasteiger partial charge in [-0.15, -0.1) is 0 Å². The lowest BCUT2D eigenvalue weighted by Crippen LogP contribution is -2.45. The maximum Gasteiger partial charge on any atom is 0.237 e. The van der Waals surface area contributed by atoms with Gasteiger partial charge in [-0.3, -0.25) is 9.69 Å². The number of hydrogen-bond donors (Lipinski definition) is 1. The Labute approximate surface area is 122 Å². The minimum absolute atomic E-state index is 0.0763. The van der Waals surface area contributed by atoms with Crippen LogP contribution in [0.15, 0.2) is 24.3 Å². The van der Waals surface area contributed by atoms with E-state index in [0.717, 1.165) is 6.54 Å². The Hall–Kier alpha value is -1.55. The predicted octanol–water partition coefficient (Wildman–Crippen LogP) is 2.10. The van der Waals surface area contributed by atoms with Crippen LogP contribution in [-0.4, -0.2) is 44.0 Å². The van der Waals surface area contributed by atoms with Crippen molar-refractivity contribution in [2.24, 2.45) is 0 Å². The molecule has 1 aromatic rings. The SMILES string of the molecule is CC(C)NC(=O)[C@H](C)N(C)Cc1ccc(N(C)C)cc1. The number of nitrogens with one attached hydrogen (secondary N) is 1. The summed E-state index contributed by atoms with van der Waals surface area (Å²) >= 11 is 0. The summed E-state index contributed by atoms with van der Waals surface area (Å²) in [6.45, 7) is 6.65. The van der Waals surface area contributed by atoms with Crippen LogP contribution in [0.4, 0.5) is 5.69 Å². The third kappa shape index (κ3) is 4.85. The van der Waals surface area contributed by atoms with Crippen LogP contribution in [0.5, 0.6) is 0 Å². The van der Waals surface area contributed by atoms with E-state index in [1.54, 1.807) is 0 Å². The Bertz CT molecular complexity index is 426. The summed E-state index contributed by atoms with van der Waals surface area (Å²) in [4.78, 5) is 16.1. The molecule has 1 aromatic carbocycles. The third-order valence-corrected chi connectivity index (χ3v) is 3.36. The largest absolute Gasteiger partial charge is 0.378 e. The molecule has 0 aliphatic rings. The molecule has 20 heavy (non-hydrogen) atoms. The van der Waals surface area contributed by atoms with Gasteiger partial charge in [-0.2, -0.15) is 0 Å². The third-order valence-electron chi connectivity index (χ3n) is 3.36. The van der Waals surface area contributed by atoms with Crippen LogP contribution in [0.25, 0.3) is 0 Å². The van der Waals surface area contributed by atoms with Gasteiger partial charge in [0.15, 0.2) is 0 Å². The number of anilines is 1. The highest BCUT2D eigenvalue weighted by molar-refractivity contribution is 5.81. The Kier molecular flexibility index (Phi) is 6.02. The number of rotatable bonds is 6. The molecule has 0 aliphatic heterocycles. The molecule has 0 saturated carbocycles. The van der Waals surface area contributed by atoms with E-state index in [0.29, 0.717) is 0 Å². The first-order chi connectivity index (χ1) is 9.31. The summed E-state index contributed by atoms with van der Waals surface area (Å²) in [5.41, 5.74) is 2.39. The van der Waals surface area contributed by atoms with Crippen molar-refractivity contribution in [1.29, 1.82) is 0 Å². The van der Waals surface area contributed by atoms with Gasteiger partial charge < -0.3 is 10.2 Å². The highest BCUT2D eigenvalue weighted by atomic mass is 16.2. The number of nitrogens with zero attached hydrogens (tertiary/aromatic N) is 2. The Morgan fingerprint density at radius 3 is 2.10 bits per heavy atom. The molecule has 0 heterocycles. The van der Waals surface area contributed by atoms with Crippen LogP contribution >= 0.6 is 0 Å². The molecule has 0 bridgehead atoms. The quantitative estimate of drug-likeness (QED) is 0.865. The van der Waals surface area contributed by atoms with Gasteiger partial charge in [-0.05, 0) is 45.5 Å². The van der Waals surface area contributed by atoms with E-state index in [4.69, 9.17) is 0 Å². The predicted molar refractivity (Wildman–Crippen MR) is 85.0 cm³/mol. The zero-order chi connectivity index (χ0) is 15.3. The monoisotopic (exact) mass is 277 g/mol. The summed E-state index contributed by atoms with van der Waals surface area (Å²) < 4.78 is 0. The zero-order valence-corrected chi connectivity index (χ0v) is 13.5. The number of amides is 1. The normalized spacial score (nSPS) is 12.6. The van der Waals surface area contributed by atoms with Gasteiger partial charge in [-0.1, -0.05) is 12.1 Å². The highest BCUT2D eigenvalue weighted by Crippen LogP contribution is 2.14. The molecule has 4 nitrogen and oxygen atoms in total. The number of carbonyl (C=O) groups excluding carboxylic acids is 1. The maximum absolute atomic E-state index is 12.0. The van der Waals surface area contributed by atoms with Crippen molar-refractivity contribution in [1.82, 2.24) is 10.2 Å². The van der Waals surface area contributed by atoms with E-state index >= 15 is 0 Å². The number of hydrogen-bond acceptors (Lipinski definition) is 3. The summed E-state index contributed by atoms with van der Waals surface area (Å²) in [6, 6.07) is 8.46. The second-order valence-corrected chi connectivity index (χ2v) is 5.82. The molecule has 1 rings (SSSR count). The van der Waals surface area contributed by atoms with Crippen LogP contribution < -0.4 is 10.2 Å². The molecule has 4 heteroatoms. The first-order valence-electron chi connectivity index (χ1n) is 7.08. The van der Waals surface area contributed by atoms with Crippen molar-refractivity contribution in [2.45, 2.75) is 39.4 Å². The van der Waals surface area contributed by atoms with Crippen LogP contribution in [0, 0.1) is 0 Å². The minimum atomic E-state index is -0.133. The van der Waals surface area contributed by atoms with E-state index in [-0.39, 0.29) is 18.0 Å². The van der Waals surface area contributed by atoms with Crippen molar-refractivity contribution in [3.8, 4) is 0 Å². The lowest BCUT2D eigenvalue weighted by atomic mass is 10.1. The maximum atomic E-state index is 12.0. The molecule has 0 radical (unpaired) electrons. The molecular weight excluding hydrogens is 250 g/mol. The lowest BCUT2D eigenvalue weighted by molar-refractivity contribution is -0.126. The molecule has 0 aliphatic carbocycles. The second kappa shape index (κ2) is 7.29. The first-order valence-corrected chi connectivity index (χ1v) is 7.08. The molecule has 0 aromatic heterocycles. The minimum Gasteiger partial charge on any atom is -0.378 e. The lowest BCUT2D eigenvalue weighted by Gasteiger charge is -2.25. The van der Waals surface area contributed by atoms with Crippen molar-refractivity contribution in [3.05, 3.63) is 29.8 Å². The molecule has 1 amide bonds. The number of benzene rings is 1. The smallest absolute Gasteiger partial charge is 0.237 e. The summed E-state index contributed by atoms with van der Waals surface area (Å²) in [7, 11) is 6.03. The molecule has 112 valence electrons. The van der Waals surface area contributed by atoms with Gasteiger partial charge in [0, 0.05) is 32.4 Å². The topological polar surface area (TPSA) is 35.6 Å². The van der Waals surface area contributed by atoms with Gasteiger partial charge in [0.05, 0.1) is 6.04 Å². The Balaban J connectivity index is 2.61. The first kappa shape index (κ1) is 16.5. The van der Waals surface area contributed by atoms with Gasteiger partial charge in [0.25, 0.3) is 0 Å². The van der Waals surface area contributed by atoms with E-state index in [1.165, 1.54) is 11.3 Å². The van der Waals surface area contributed by atoms with Gasteiger partial charge in [0.2, 0.25) is 5.91 Å². The average Bonchev–Trinajstić information content (AvgIpc) is 2.37. The fourth-order valence-corrected chi connectivity index (χ4v) is 1.93. The van der Waals surface area contributed by atoms with Crippen molar-refractivity contribution < 1.29 is 4.79 Å². The van der Waals surface area contributed by atoms with E-state index in [9.17, 15) is 4.79 Å². The van der Waals surface area contributed by atoms with Gasteiger partial charge in [-0.25, -0.2) is 0 Å². The van der Waals surface area contributed by atoms with Gasteiger partial charge in [0.1, 0.15) is 0 Å². The Morgan fingerprint density at radius 2 is 1.65 bits per heavy atom. The van der Waals surface area contributed by atoms with E-state index < -0.39 is 0 Å². The van der Waals surface area contributed by atoms with Gasteiger partial charge >= 0.3 is 0 Å². The van der Waals surface area contributed by atoms with Crippen molar-refractivity contribution in [3.63, 3.8) is 0 Å². The van der Waals surface area contributed by atoms with E-state index in [2.05, 4.69) is 39.4 Å².